The number of hydrogen-bond donors (Lipinski definition) is 1. The Labute approximate surface area is 129 Å². The van der Waals surface area contributed by atoms with Crippen LogP contribution in [0.4, 0.5) is 0 Å². The van der Waals surface area contributed by atoms with Crippen LogP contribution in [0.5, 0.6) is 5.75 Å². The third-order valence-corrected chi connectivity index (χ3v) is 2.96. The average molecular weight is 298 g/mol. The molecule has 0 aromatic heterocycles. The third-order valence-electron chi connectivity index (χ3n) is 2.96. The molecule has 0 aliphatic rings. The smallest absolute Gasteiger partial charge is 0.375 e. The van der Waals surface area contributed by atoms with Gasteiger partial charge in [-0.05, 0) is 18.6 Å². The number of ether oxygens (including phenoxy) is 1. The van der Waals surface area contributed by atoms with Crippen molar-refractivity contribution in [3.05, 3.63) is 66.2 Å². The SMILES string of the molecule is CCC(Oc1ccccc1)C(=O)O/N=C(\N)c1ccccc1. The lowest BCUT2D eigenvalue weighted by atomic mass is 10.2. The molecular formula is C17H18N2O3. The lowest BCUT2D eigenvalue weighted by Crippen LogP contribution is -2.28. The first-order valence-corrected chi connectivity index (χ1v) is 7.02. The normalized spacial score (nSPS) is 12.5. The predicted molar refractivity (Wildman–Crippen MR) is 84.4 cm³/mol. The molecule has 0 heterocycles. The quantitative estimate of drug-likeness (QED) is 0.385. The van der Waals surface area contributed by atoms with Gasteiger partial charge in [0.2, 0.25) is 0 Å². The van der Waals surface area contributed by atoms with E-state index in [0.29, 0.717) is 17.7 Å². The monoisotopic (exact) mass is 298 g/mol. The van der Waals surface area contributed by atoms with E-state index >= 15 is 0 Å². The van der Waals surface area contributed by atoms with Crippen LogP contribution in [-0.4, -0.2) is 17.9 Å². The van der Waals surface area contributed by atoms with E-state index in [1.165, 1.54) is 0 Å². The summed E-state index contributed by atoms with van der Waals surface area (Å²) in [5, 5.41) is 3.67. The minimum absolute atomic E-state index is 0.142. The van der Waals surface area contributed by atoms with Crippen LogP contribution in [0.2, 0.25) is 0 Å². The number of amidine groups is 1. The fourth-order valence-electron chi connectivity index (χ4n) is 1.78. The molecule has 0 saturated carbocycles. The molecule has 2 aromatic carbocycles. The second-order valence-electron chi connectivity index (χ2n) is 4.58. The van der Waals surface area contributed by atoms with Crippen molar-refractivity contribution >= 4 is 11.8 Å². The molecule has 0 bridgehead atoms. The molecule has 22 heavy (non-hydrogen) atoms. The zero-order chi connectivity index (χ0) is 15.8. The van der Waals surface area contributed by atoms with E-state index in [0.717, 1.165) is 0 Å². The minimum Gasteiger partial charge on any atom is -0.479 e. The van der Waals surface area contributed by atoms with Crippen LogP contribution in [0.25, 0.3) is 0 Å². The average Bonchev–Trinajstić information content (AvgIpc) is 2.59. The highest BCUT2D eigenvalue weighted by Crippen LogP contribution is 2.13. The van der Waals surface area contributed by atoms with E-state index in [1.54, 1.807) is 24.3 Å². The molecule has 0 aliphatic heterocycles. The Hall–Kier alpha value is -2.82. The molecular weight excluding hydrogens is 280 g/mol. The van der Waals surface area contributed by atoms with Crippen molar-refractivity contribution in [3.8, 4) is 5.75 Å². The first-order chi connectivity index (χ1) is 10.7. The van der Waals surface area contributed by atoms with E-state index in [1.807, 2.05) is 43.3 Å². The van der Waals surface area contributed by atoms with Crippen LogP contribution in [0, 0.1) is 0 Å². The number of benzene rings is 2. The molecule has 2 rings (SSSR count). The number of nitrogens with zero attached hydrogens (tertiary/aromatic N) is 1. The Morgan fingerprint density at radius 3 is 2.27 bits per heavy atom. The highest BCUT2D eigenvalue weighted by molar-refractivity contribution is 5.97. The van der Waals surface area contributed by atoms with Gasteiger partial charge in [0.05, 0.1) is 0 Å². The fourth-order valence-corrected chi connectivity index (χ4v) is 1.78. The standard InChI is InChI=1S/C17H18N2O3/c1-2-15(21-14-11-7-4-8-12-14)17(20)22-19-16(18)13-9-5-3-6-10-13/h3-12,15H,2H2,1H3,(H2,18,19). The van der Waals surface area contributed by atoms with Gasteiger partial charge in [-0.25, -0.2) is 4.79 Å². The second-order valence-corrected chi connectivity index (χ2v) is 4.58. The van der Waals surface area contributed by atoms with Gasteiger partial charge in [-0.3, -0.25) is 0 Å². The van der Waals surface area contributed by atoms with Crippen molar-refractivity contribution in [1.29, 1.82) is 0 Å². The summed E-state index contributed by atoms with van der Waals surface area (Å²) in [4.78, 5) is 16.9. The highest BCUT2D eigenvalue weighted by atomic mass is 16.7. The molecule has 1 atom stereocenters. The molecule has 2 aromatic rings. The van der Waals surface area contributed by atoms with Gasteiger partial charge in [0.1, 0.15) is 5.75 Å². The topological polar surface area (TPSA) is 73.9 Å². The fraction of sp³-hybridized carbons (Fsp3) is 0.176. The maximum atomic E-state index is 12.0. The first-order valence-electron chi connectivity index (χ1n) is 7.02. The molecule has 0 spiro atoms. The largest absolute Gasteiger partial charge is 0.479 e. The number of oxime groups is 1. The zero-order valence-electron chi connectivity index (χ0n) is 12.3. The Kier molecular flexibility index (Phi) is 5.54. The Bertz CT molecular complexity index is 627. The molecule has 0 radical (unpaired) electrons. The lowest BCUT2D eigenvalue weighted by Gasteiger charge is -2.14. The number of nitrogens with two attached hydrogens (primary N) is 1. The van der Waals surface area contributed by atoms with Crippen molar-refractivity contribution in [3.63, 3.8) is 0 Å². The van der Waals surface area contributed by atoms with Crippen molar-refractivity contribution < 1.29 is 14.4 Å². The lowest BCUT2D eigenvalue weighted by molar-refractivity contribution is -0.152. The molecule has 114 valence electrons. The van der Waals surface area contributed by atoms with Crippen LogP contribution in [0.3, 0.4) is 0 Å². The van der Waals surface area contributed by atoms with Gasteiger partial charge in [0.25, 0.3) is 0 Å². The molecule has 5 heteroatoms. The number of hydrogen-bond acceptors (Lipinski definition) is 4. The molecule has 2 N–H and O–H groups in total. The summed E-state index contributed by atoms with van der Waals surface area (Å²) in [7, 11) is 0. The van der Waals surface area contributed by atoms with Crippen LogP contribution in [0.1, 0.15) is 18.9 Å². The van der Waals surface area contributed by atoms with Crippen molar-refractivity contribution in [1.82, 2.24) is 0 Å². The third kappa shape index (κ3) is 4.34. The van der Waals surface area contributed by atoms with E-state index < -0.39 is 12.1 Å². The summed E-state index contributed by atoms with van der Waals surface area (Å²) < 4.78 is 5.58. The van der Waals surface area contributed by atoms with Crippen LogP contribution >= 0.6 is 0 Å². The van der Waals surface area contributed by atoms with Gasteiger partial charge in [-0.15, -0.1) is 0 Å². The molecule has 0 amide bonds. The Balaban J connectivity index is 1.98. The predicted octanol–water partition coefficient (Wildman–Crippen LogP) is 2.71. The van der Waals surface area contributed by atoms with Gasteiger partial charge in [-0.2, -0.15) is 0 Å². The van der Waals surface area contributed by atoms with Gasteiger partial charge in [-0.1, -0.05) is 60.6 Å². The number of carbonyl (C=O) groups is 1. The minimum atomic E-state index is -0.727. The molecule has 0 aliphatic carbocycles. The number of carbonyl (C=O) groups excluding carboxylic acids is 1. The van der Waals surface area contributed by atoms with Gasteiger partial charge in [0, 0.05) is 5.56 Å². The zero-order valence-corrected chi connectivity index (χ0v) is 12.3. The van der Waals surface area contributed by atoms with Gasteiger partial charge < -0.3 is 15.3 Å². The summed E-state index contributed by atoms with van der Waals surface area (Å²) in [5.74, 6) is 0.167. The number of para-hydroxylation sites is 1. The molecule has 0 saturated heterocycles. The Morgan fingerprint density at radius 2 is 1.68 bits per heavy atom. The maximum absolute atomic E-state index is 12.0. The van der Waals surface area contributed by atoms with Gasteiger partial charge >= 0.3 is 5.97 Å². The van der Waals surface area contributed by atoms with Crippen LogP contribution in [0.15, 0.2) is 65.8 Å². The number of rotatable bonds is 6. The Morgan fingerprint density at radius 1 is 1.09 bits per heavy atom. The second kappa shape index (κ2) is 7.83. The summed E-state index contributed by atoms with van der Waals surface area (Å²) in [6, 6.07) is 18.2. The van der Waals surface area contributed by atoms with E-state index in [4.69, 9.17) is 15.3 Å². The first kappa shape index (κ1) is 15.6. The van der Waals surface area contributed by atoms with Crippen molar-refractivity contribution in [2.45, 2.75) is 19.4 Å². The molecule has 1 unspecified atom stereocenters. The summed E-state index contributed by atoms with van der Waals surface area (Å²) >= 11 is 0. The van der Waals surface area contributed by atoms with Gasteiger partial charge in [0.15, 0.2) is 11.9 Å². The summed E-state index contributed by atoms with van der Waals surface area (Å²) in [6.07, 6.45) is -0.260. The molecule has 0 fully saturated rings. The van der Waals surface area contributed by atoms with Crippen molar-refractivity contribution in [2.24, 2.45) is 10.9 Å². The molecule has 5 nitrogen and oxygen atoms in total. The van der Waals surface area contributed by atoms with Crippen molar-refractivity contribution in [2.75, 3.05) is 0 Å². The maximum Gasteiger partial charge on any atom is 0.375 e. The van der Waals surface area contributed by atoms with Crippen LogP contribution in [-0.2, 0) is 9.63 Å². The van der Waals surface area contributed by atoms with E-state index in [2.05, 4.69) is 5.16 Å². The summed E-state index contributed by atoms with van der Waals surface area (Å²) in [6.45, 7) is 1.83. The van der Waals surface area contributed by atoms with E-state index in [9.17, 15) is 4.79 Å². The summed E-state index contributed by atoms with van der Waals surface area (Å²) in [5.41, 5.74) is 6.46. The van der Waals surface area contributed by atoms with Crippen LogP contribution < -0.4 is 10.5 Å². The van der Waals surface area contributed by atoms with E-state index in [-0.39, 0.29) is 5.84 Å². The highest BCUT2D eigenvalue weighted by Gasteiger charge is 2.20.